The number of aromatic nitrogens is 1. The van der Waals surface area contributed by atoms with E-state index in [0.29, 0.717) is 26.9 Å². The molecule has 0 spiro atoms. The average molecular weight is 377 g/mol. The van der Waals surface area contributed by atoms with Crippen molar-refractivity contribution in [3.63, 3.8) is 0 Å². The van der Waals surface area contributed by atoms with Gasteiger partial charge in [-0.3, -0.25) is 4.98 Å². The molecule has 2 aromatic carbocycles. The molecule has 0 amide bonds. The predicted molar refractivity (Wildman–Crippen MR) is 99.5 cm³/mol. The third kappa shape index (κ3) is 4.10. The molecule has 128 valence electrons. The van der Waals surface area contributed by atoms with Crippen molar-refractivity contribution in [1.29, 1.82) is 0 Å². The molecule has 1 unspecified atom stereocenters. The van der Waals surface area contributed by atoms with Crippen LogP contribution in [0.5, 0.6) is 0 Å². The molecule has 0 aliphatic rings. The second-order valence-electron chi connectivity index (χ2n) is 5.49. The minimum absolute atomic E-state index is 0.153. The molecule has 6 heteroatoms. The number of hydrogen-bond acceptors (Lipinski definition) is 3. The fraction of sp³-hybridized carbons (Fsp3) is 0.105. The zero-order valence-electron chi connectivity index (χ0n) is 13.1. The molecule has 25 heavy (non-hydrogen) atoms. The van der Waals surface area contributed by atoms with Gasteiger partial charge < -0.3 is 10.4 Å². The van der Waals surface area contributed by atoms with Gasteiger partial charge in [0.25, 0.3) is 0 Å². The van der Waals surface area contributed by atoms with Crippen LogP contribution in [0.15, 0.2) is 60.9 Å². The van der Waals surface area contributed by atoms with Crippen LogP contribution in [0.25, 0.3) is 11.1 Å². The van der Waals surface area contributed by atoms with Crippen molar-refractivity contribution in [2.75, 3.05) is 11.9 Å². The summed E-state index contributed by atoms with van der Waals surface area (Å²) < 4.78 is 14.1. The topological polar surface area (TPSA) is 45.1 Å². The van der Waals surface area contributed by atoms with Crippen molar-refractivity contribution >= 4 is 28.9 Å². The van der Waals surface area contributed by atoms with E-state index < -0.39 is 6.04 Å². The van der Waals surface area contributed by atoms with Crippen molar-refractivity contribution in [1.82, 2.24) is 4.98 Å². The third-order valence-corrected chi connectivity index (χ3v) is 4.36. The number of hydrogen-bond donors (Lipinski definition) is 2. The maximum atomic E-state index is 14.1. The molecule has 3 nitrogen and oxygen atoms in total. The predicted octanol–water partition coefficient (Wildman–Crippen LogP) is 5.34. The van der Waals surface area contributed by atoms with E-state index in [1.54, 1.807) is 30.6 Å². The van der Waals surface area contributed by atoms with Crippen molar-refractivity contribution in [2.45, 2.75) is 6.04 Å². The highest BCUT2D eigenvalue weighted by Crippen LogP contribution is 2.30. The van der Waals surface area contributed by atoms with Crippen LogP contribution < -0.4 is 5.32 Å². The summed E-state index contributed by atoms with van der Waals surface area (Å²) in [6.45, 7) is -0.153. The Hall–Kier alpha value is -2.14. The minimum Gasteiger partial charge on any atom is -0.394 e. The van der Waals surface area contributed by atoms with Gasteiger partial charge in [-0.15, -0.1) is 0 Å². The van der Waals surface area contributed by atoms with Gasteiger partial charge in [0.05, 0.1) is 18.3 Å². The number of aliphatic hydroxyl groups is 1. The molecule has 1 atom stereocenters. The second kappa shape index (κ2) is 7.83. The lowest BCUT2D eigenvalue weighted by molar-refractivity contribution is 0.276. The Labute approximate surface area is 155 Å². The summed E-state index contributed by atoms with van der Waals surface area (Å²) in [6, 6.07) is 13.0. The fourth-order valence-corrected chi connectivity index (χ4v) is 3.01. The normalized spacial score (nSPS) is 12.0. The van der Waals surface area contributed by atoms with E-state index in [4.69, 9.17) is 23.2 Å². The number of nitrogens with one attached hydrogen (secondary N) is 1. The summed E-state index contributed by atoms with van der Waals surface area (Å²) in [5.41, 5.74) is 2.35. The van der Waals surface area contributed by atoms with Gasteiger partial charge in [0.2, 0.25) is 0 Å². The van der Waals surface area contributed by atoms with E-state index in [1.165, 1.54) is 12.1 Å². The Kier molecular flexibility index (Phi) is 5.53. The average Bonchev–Trinajstić information content (AvgIpc) is 2.62. The van der Waals surface area contributed by atoms with Crippen molar-refractivity contribution in [3.05, 3.63) is 82.4 Å². The Morgan fingerprint density at radius 3 is 2.64 bits per heavy atom. The smallest absolute Gasteiger partial charge is 0.131 e. The van der Waals surface area contributed by atoms with E-state index in [1.807, 2.05) is 18.2 Å². The number of anilines is 1. The van der Waals surface area contributed by atoms with E-state index in [0.717, 1.165) is 5.56 Å². The maximum absolute atomic E-state index is 14.1. The van der Waals surface area contributed by atoms with Crippen LogP contribution in [0.3, 0.4) is 0 Å². The first kappa shape index (κ1) is 17.7. The number of rotatable bonds is 5. The van der Waals surface area contributed by atoms with Gasteiger partial charge in [-0.1, -0.05) is 41.4 Å². The minimum atomic E-state index is -0.407. The molecular formula is C19H15Cl2FN2O. The van der Waals surface area contributed by atoms with Crippen LogP contribution in [0.1, 0.15) is 11.6 Å². The van der Waals surface area contributed by atoms with Crippen LogP contribution in [-0.2, 0) is 0 Å². The fourth-order valence-electron chi connectivity index (χ4n) is 2.57. The second-order valence-corrected chi connectivity index (χ2v) is 6.33. The standard InChI is InChI=1S/C19H15Cl2FN2O/c20-13-5-6-18(22)16(8-13)12-7-14(10-23-9-12)24-19(11-25)15-3-1-2-4-17(15)21/h1-10,19,24-25H,11H2. The lowest BCUT2D eigenvalue weighted by Crippen LogP contribution is -2.15. The van der Waals surface area contributed by atoms with Crippen LogP contribution in [0.4, 0.5) is 10.1 Å². The molecule has 3 aromatic rings. The van der Waals surface area contributed by atoms with Crippen LogP contribution in [0, 0.1) is 5.82 Å². The Balaban J connectivity index is 1.91. The molecule has 3 rings (SSSR count). The molecule has 0 saturated carbocycles. The van der Waals surface area contributed by atoms with E-state index in [-0.39, 0.29) is 12.4 Å². The van der Waals surface area contributed by atoms with Gasteiger partial charge >= 0.3 is 0 Å². The van der Waals surface area contributed by atoms with E-state index >= 15 is 0 Å². The van der Waals surface area contributed by atoms with Crippen molar-refractivity contribution < 1.29 is 9.50 Å². The molecule has 0 fully saturated rings. The lowest BCUT2D eigenvalue weighted by Gasteiger charge is -2.19. The molecule has 0 aliphatic heterocycles. The van der Waals surface area contributed by atoms with Crippen LogP contribution >= 0.6 is 23.2 Å². The number of nitrogens with zero attached hydrogens (tertiary/aromatic N) is 1. The first-order valence-corrected chi connectivity index (χ1v) is 8.36. The van der Waals surface area contributed by atoms with Crippen LogP contribution in [-0.4, -0.2) is 16.7 Å². The maximum Gasteiger partial charge on any atom is 0.131 e. The zero-order chi connectivity index (χ0) is 17.8. The summed E-state index contributed by atoms with van der Waals surface area (Å²) in [5.74, 6) is -0.381. The van der Waals surface area contributed by atoms with Gasteiger partial charge in [-0.2, -0.15) is 0 Å². The quantitative estimate of drug-likeness (QED) is 0.631. The van der Waals surface area contributed by atoms with Crippen molar-refractivity contribution in [3.8, 4) is 11.1 Å². The highest BCUT2D eigenvalue weighted by molar-refractivity contribution is 6.31. The summed E-state index contributed by atoms with van der Waals surface area (Å²) in [5, 5.41) is 13.9. The van der Waals surface area contributed by atoms with E-state index in [9.17, 15) is 9.50 Å². The summed E-state index contributed by atoms with van der Waals surface area (Å²) >= 11 is 12.2. The Morgan fingerprint density at radius 2 is 1.88 bits per heavy atom. The zero-order valence-corrected chi connectivity index (χ0v) is 14.6. The van der Waals surface area contributed by atoms with Gasteiger partial charge in [0.15, 0.2) is 0 Å². The highest BCUT2D eigenvalue weighted by atomic mass is 35.5. The number of benzene rings is 2. The third-order valence-electron chi connectivity index (χ3n) is 3.78. The van der Waals surface area contributed by atoms with Gasteiger partial charge in [0.1, 0.15) is 5.82 Å². The number of aliphatic hydroxyl groups excluding tert-OH is 1. The Morgan fingerprint density at radius 1 is 1.08 bits per heavy atom. The van der Waals surface area contributed by atoms with Gasteiger partial charge in [-0.25, -0.2) is 4.39 Å². The molecule has 2 N–H and O–H groups in total. The number of pyridine rings is 1. The first-order chi connectivity index (χ1) is 12.1. The van der Waals surface area contributed by atoms with Gasteiger partial charge in [0, 0.05) is 33.6 Å². The molecule has 1 heterocycles. The first-order valence-electron chi connectivity index (χ1n) is 7.61. The SMILES string of the molecule is OCC(Nc1cncc(-c2cc(Cl)ccc2F)c1)c1ccccc1Cl. The monoisotopic (exact) mass is 376 g/mol. The molecule has 0 aliphatic carbocycles. The molecular weight excluding hydrogens is 362 g/mol. The lowest BCUT2D eigenvalue weighted by atomic mass is 10.1. The molecule has 0 radical (unpaired) electrons. The van der Waals surface area contributed by atoms with Gasteiger partial charge in [-0.05, 0) is 35.9 Å². The van der Waals surface area contributed by atoms with E-state index in [2.05, 4.69) is 10.3 Å². The van der Waals surface area contributed by atoms with Crippen LogP contribution in [0.2, 0.25) is 10.0 Å². The highest BCUT2D eigenvalue weighted by Gasteiger charge is 2.14. The summed E-state index contributed by atoms with van der Waals surface area (Å²) in [4.78, 5) is 4.15. The number of halogens is 3. The summed E-state index contributed by atoms with van der Waals surface area (Å²) in [7, 11) is 0. The largest absolute Gasteiger partial charge is 0.394 e. The van der Waals surface area contributed by atoms with Crippen molar-refractivity contribution in [2.24, 2.45) is 0 Å². The molecule has 1 aromatic heterocycles. The molecule has 0 bridgehead atoms. The Bertz CT molecular complexity index is 889. The summed E-state index contributed by atoms with van der Waals surface area (Å²) in [6.07, 6.45) is 3.16. The molecule has 0 saturated heterocycles.